The third kappa shape index (κ3) is 2.69. The number of aryl methyl sites for hydroxylation is 1. The van der Waals surface area contributed by atoms with Gasteiger partial charge in [0.25, 0.3) is 0 Å². The Bertz CT molecular complexity index is 433. The second-order valence-electron chi connectivity index (χ2n) is 4.56. The van der Waals surface area contributed by atoms with Gasteiger partial charge < -0.3 is 10.6 Å². The van der Waals surface area contributed by atoms with Gasteiger partial charge in [-0.3, -0.25) is 4.79 Å². The SMILES string of the molecule is Cc1cccc(NC(=O)C2CCNC2C)c1Br. The van der Waals surface area contributed by atoms with Crippen molar-refractivity contribution < 1.29 is 4.79 Å². The Balaban J connectivity index is 2.10. The summed E-state index contributed by atoms with van der Waals surface area (Å²) in [6.07, 6.45) is 0.913. The molecular weight excluding hydrogens is 280 g/mol. The zero-order valence-electron chi connectivity index (χ0n) is 10.1. The molecule has 0 radical (unpaired) electrons. The predicted molar refractivity (Wildman–Crippen MR) is 73.1 cm³/mol. The molecule has 4 heteroatoms. The summed E-state index contributed by atoms with van der Waals surface area (Å²) < 4.78 is 0.965. The van der Waals surface area contributed by atoms with E-state index >= 15 is 0 Å². The second-order valence-corrected chi connectivity index (χ2v) is 5.36. The maximum absolute atomic E-state index is 12.1. The van der Waals surface area contributed by atoms with Gasteiger partial charge in [-0.15, -0.1) is 0 Å². The lowest BCUT2D eigenvalue weighted by Gasteiger charge is -2.16. The average Bonchev–Trinajstić information content (AvgIpc) is 2.71. The Morgan fingerprint density at radius 3 is 2.94 bits per heavy atom. The zero-order chi connectivity index (χ0) is 12.4. The minimum atomic E-state index is 0.0717. The van der Waals surface area contributed by atoms with E-state index in [1.54, 1.807) is 0 Å². The van der Waals surface area contributed by atoms with E-state index in [4.69, 9.17) is 0 Å². The molecule has 1 aliphatic rings. The van der Waals surface area contributed by atoms with Crippen molar-refractivity contribution in [1.82, 2.24) is 5.32 Å². The van der Waals surface area contributed by atoms with E-state index in [9.17, 15) is 4.79 Å². The maximum Gasteiger partial charge on any atom is 0.229 e. The van der Waals surface area contributed by atoms with E-state index < -0.39 is 0 Å². The molecule has 92 valence electrons. The fourth-order valence-corrected chi connectivity index (χ4v) is 2.55. The number of nitrogens with one attached hydrogen (secondary N) is 2. The molecule has 0 bridgehead atoms. The smallest absolute Gasteiger partial charge is 0.229 e. The van der Waals surface area contributed by atoms with E-state index in [1.807, 2.05) is 25.1 Å². The van der Waals surface area contributed by atoms with Crippen LogP contribution < -0.4 is 10.6 Å². The monoisotopic (exact) mass is 296 g/mol. The van der Waals surface area contributed by atoms with E-state index in [1.165, 1.54) is 0 Å². The number of halogens is 1. The van der Waals surface area contributed by atoms with Crippen molar-refractivity contribution >= 4 is 27.5 Å². The van der Waals surface area contributed by atoms with Crippen molar-refractivity contribution in [1.29, 1.82) is 0 Å². The Morgan fingerprint density at radius 1 is 1.53 bits per heavy atom. The first-order valence-corrected chi connectivity index (χ1v) is 6.68. The molecular formula is C13H17BrN2O. The van der Waals surface area contributed by atoms with Crippen molar-refractivity contribution in [3.8, 4) is 0 Å². The molecule has 1 saturated heterocycles. The Labute approximate surface area is 110 Å². The van der Waals surface area contributed by atoms with Crippen LogP contribution in [-0.4, -0.2) is 18.5 Å². The van der Waals surface area contributed by atoms with Crippen molar-refractivity contribution in [3.63, 3.8) is 0 Å². The van der Waals surface area contributed by atoms with E-state index in [-0.39, 0.29) is 17.9 Å². The number of carbonyl (C=O) groups is 1. The summed E-state index contributed by atoms with van der Waals surface area (Å²) in [6, 6.07) is 6.15. The van der Waals surface area contributed by atoms with Crippen LogP contribution in [-0.2, 0) is 4.79 Å². The number of benzene rings is 1. The highest BCUT2D eigenvalue weighted by Crippen LogP contribution is 2.27. The van der Waals surface area contributed by atoms with Crippen LogP contribution in [0.2, 0.25) is 0 Å². The fraction of sp³-hybridized carbons (Fsp3) is 0.462. The molecule has 1 amide bonds. The first-order valence-electron chi connectivity index (χ1n) is 5.89. The summed E-state index contributed by atoms with van der Waals surface area (Å²) in [6.45, 7) is 5.00. The number of anilines is 1. The number of hydrogen-bond acceptors (Lipinski definition) is 2. The quantitative estimate of drug-likeness (QED) is 0.881. The van der Waals surface area contributed by atoms with Crippen LogP contribution in [0.1, 0.15) is 18.9 Å². The molecule has 1 heterocycles. The van der Waals surface area contributed by atoms with Gasteiger partial charge in [0, 0.05) is 10.5 Å². The fourth-order valence-electron chi connectivity index (χ4n) is 2.19. The van der Waals surface area contributed by atoms with Crippen LogP contribution in [0.25, 0.3) is 0 Å². The van der Waals surface area contributed by atoms with Gasteiger partial charge in [0.15, 0.2) is 0 Å². The average molecular weight is 297 g/mol. The van der Waals surface area contributed by atoms with Crippen LogP contribution in [0.4, 0.5) is 5.69 Å². The van der Waals surface area contributed by atoms with E-state index in [0.717, 1.165) is 28.7 Å². The summed E-state index contributed by atoms with van der Waals surface area (Å²) in [5.41, 5.74) is 1.98. The third-order valence-corrected chi connectivity index (χ3v) is 4.36. The zero-order valence-corrected chi connectivity index (χ0v) is 11.7. The lowest BCUT2D eigenvalue weighted by molar-refractivity contribution is -0.120. The van der Waals surface area contributed by atoms with E-state index in [0.29, 0.717) is 0 Å². The molecule has 2 N–H and O–H groups in total. The largest absolute Gasteiger partial charge is 0.325 e. The summed E-state index contributed by atoms with van der Waals surface area (Å²) in [5.74, 6) is 0.177. The topological polar surface area (TPSA) is 41.1 Å². The third-order valence-electron chi connectivity index (χ3n) is 3.31. The Hall–Kier alpha value is -0.870. The first-order chi connectivity index (χ1) is 8.09. The minimum Gasteiger partial charge on any atom is -0.325 e. The molecule has 3 nitrogen and oxygen atoms in total. The van der Waals surface area contributed by atoms with Gasteiger partial charge in [0.1, 0.15) is 0 Å². The first kappa shape index (κ1) is 12.6. The minimum absolute atomic E-state index is 0.0717. The van der Waals surface area contributed by atoms with Gasteiger partial charge in [0.2, 0.25) is 5.91 Å². The van der Waals surface area contributed by atoms with Gasteiger partial charge >= 0.3 is 0 Å². The normalized spacial score (nSPS) is 23.7. The molecule has 1 aromatic rings. The second kappa shape index (κ2) is 5.19. The van der Waals surface area contributed by atoms with Crippen molar-refractivity contribution in [2.24, 2.45) is 5.92 Å². The van der Waals surface area contributed by atoms with Crippen LogP contribution in [0.15, 0.2) is 22.7 Å². The Morgan fingerprint density at radius 2 is 2.29 bits per heavy atom. The number of carbonyl (C=O) groups excluding carboxylic acids is 1. The highest BCUT2D eigenvalue weighted by molar-refractivity contribution is 9.10. The summed E-state index contributed by atoms with van der Waals surface area (Å²) in [4.78, 5) is 12.1. The molecule has 0 aliphatic carbocycles. The van der Waals surface area contributed by atoms with Crippen LogP contribution in [0.5, 0.6) is 0 Å². The molecule has 0 saturated carbocycles. The molecule has 1 fully saturated rings. The molecule has 1 aliphatic heterocycles. The molecule has 1 aromatic carbocycles. The van der Waals surface area contributed by atoms with Crippen molar-refractivity contribution in [3.05, 3.63) is 28.2 Å². The molecule has 2 atom stereocenters. The van der Waals surface area contributed by atoms with E-state index in [2.05, 4.69) is 33.5 Å². The van der Waals surface area contributed by atoms with Gasteiger partial charge in [-0.2, -0.15) is 0 Å². The molecule has 0 spiro atoms. The highest BCUT2D eigenvalue weighted by atomic mass is 79.9. The van der Waals surface area contributed by atoms with Gasteiger partial charge in [-0.25, -0.2) is 0 Å². The lowest BCUT2D eigenvalue weighted by Crippen LogP contribution is -2.32. The van der Waals surface area contributed by atoms with Crippen molar-refractivity contribution in [2.45, 2.75) is 26.3 Å². The number of rotatable bonds is 2. The summed E-state index contributed by atoms with van der Waals surface area (Å²) in [5, 5.41) is 6.29. The summed E-state index contributed by atoms with van der Waals surface area (Å²) >= 11 is 3.50. The lowest BCUT2D eigenvalue weighted by atomic mass is 10.0. The number of amides is 1. The summed E-state index contributed by atoms with van der Waals surface area (Å²) in [7, 11) is 0. The highest BCUT2D eigenvalue weighted by Gasteiger charge is 2.29. The molecule has 17 heavy (non-hydrogen) atoms. The standard InChI is InChI=1S/C13H17BrN2O/c1-8-4-3-5-11(12(8)14)16-13(17)10-6-7-15-9(10)2/h3-5,9-10,15H,6-7H2,1-2H3,(H,16,17). The number of hydrogen-bond donors (Lipinski definition) is 2. The van der Waals surface area contributed by atoms with Crippen LogP contribution >= 0.6 is 15.9 Å². The van der Waals surface area contributed by atoms with Crippen molar-refractivity contribution in [2.75, 3.05) is 11.9 Å². The maximum atomic E-state index is 12.1. The van der Waals surface area contributed by atoms with Gasteiger partial charge in [-0.1, -0.05) is 12.1 Å². The van der Waals surface area contributed by atoms with Crippen LogP contribution in [0.3, 0.4) is 0 Å². The molecule has 2 rings (SSSR count). The van der Waals surface area contributed by atoms with Gasteiger partial charge in [-0.05, 0) is 54.4 Å². The molecule has 0 aromatic heterocycles. The predicted octanol–water partition coefficient (Wildman–Crippen LogP) is 2.69. The van der Waals surface area contributed by atoms with Crippen LogP contribution in [0, 0.1) is 12.8 Å². The van der Waals surface area contributed by atoms with Gasteiger partial charge in [0.05, 0.1) is 11.6 Å². The Kier molecular flexibility index (Phi) is 3.84. The molecule has 2 unspecified atom stereocenters.